The van der Waals surface area contributed by atoms with E-state index in [-0.39, 0.29) is 5.97 Å². The number of hydrogen-bond donors (Lipinski definition) is 0. The minimum Gasteiger partial charge on any atom is -0.462 e. The summed E-state index contributed by atoms with van der Waals surface area (Å²) < 4.78 is 9.42. The highest BCUT2D eigenvalue weighted by atomic mass is 35.5. The van der Waals surface area contributed by atoms with Gasteiger partial charge < -0.3 is 13.7 Å². The SMILES string of the molecule is CCOC(=O)c1ccn2c(C)c(-c3cc4ccccc4n3Cc3ccc(Cl)cc3)nc2c1. The molecule has 0 spiro atoms. The van der Waals surface area contributed by atoms with Gasteiger partial charge in [-0.05, 0) is 55.8 Å². The normalized spacial score (nSPS) is 11.3. The summed E-state index contributed by atoms with van der Waals surface area (Å²) in [5, 5.41) is 1.88. The number of nitrogens with zero attached hydrogens (tertiary/aromatic N) is 3. The number of fused-ring (bicyclic) bond motifs is 2. The number of para-hydroxylation sites is 1. The lowest BCUT2D eigenvalue weighted by Gasteiger charge is -2.11. The lowest BCUT2D eigenvalue weighted by molar-refractivity contribution is 0.0526. The Morgan fingerprint density at radius 2 is 1.84 bits per heavy atom. The highest BCUT2D eigenvalue weighted by Crippen LogP contribution is 2.31. The van der Waals surface area contributed by atoms with Crippen LogP contribution in [-0.2, 0) is 11.3 Å². The van der Waals surface area contributed by atoms with Gasteiger partial charge in [0.05, 0.1) is 17.9 Å². The third-order valence-electron chi connectivity index (χ3n) is 5.68. The monoisotopic (exact) mass is 443 g/mol. The number of pyridine rings is 1. The van der Waals surface area contributed by atoms with Crippen molar-refractivity contribution in [1.82, 2.24) is 14.0 Å². The Bertz CT molecular complexity index is 1450. The number of benzene rings is 2. The third kappa shape index (κ3) is 3.55. The fourth-order valence-electron chi connectivity index (χ4n) is 4.10. The maximum atomic E-state index is 12.2. The second-order valence-electron chi connectivity index (χ2n) is 7.71. The highest BCUT2D eigenvalue weighted by molar-refractivity contribution is 6.30. The van der Waals surface area contributed by atoms with Crippen LogP contribution in [0.3, 0.4) is 0 Å². The van der Waals surface area contributed by atoms with Crippen LogP contribution in [0.4, 0.5) is 0 Å². The average molecular weight is 444 g/mol. The van der Waals surface area contributed by atoms with Crippen LogP contribution in [0.5, 0.6) is 0 Å². The molecule has 2 aromatic carbocycles. The van der Waals surface area contributed by atoms with Crippen molar-refractivity contribution in [1.29, 1.82) is 0 Å². The fourth-order valence-corrected chi connectivity index (χ4v) is 4.23. The molecule has 0 aliphatic carbocycles. The minimum atomic E-state index is -0.339. The molecular formula is C26H22ClN3O2. The zero-order valence-corrected chi connectivity index (χ0v) is 18.6. The first-order valence-electron chi connectivity index (χ1n) is 10.5. The Morgan fingerprint density at radius 3 is 2.62 bits per heavy atom. The van der Waals surface area contributed by atoms with Crippen LogP contribution < -0.4 is 0 Å². The van der Waals surface area contributed by atoms with Gasteiger partial charge in [0.2, 0.25) is 0 Å². The number of ether oxygens (including phenoxy) is 1. The van der Waals surface area contributed by atoms with E-state index in [4.69, 9.17) is 21.3 Å². The van der Waals surface area contributed by atoms with Crippen molar-refractivity contribution in [3.05, 3.63) is 94.8 Å². The van der Waals surface area contributed by atoms with Crippen molar-refractivity contribution in [2.45, 2.75) is 20.4 Å². The number of rotatable bonds is 5. The smallest absolute Gasteiger partial charge is 0.338 e. The Hall–Kier alpha value is -3.57. The molecule has 0 amide bonds. The van der Waals surface area contributed by atoms with Gasteiger partial charge in [-0.25, -0.2) is 9.78 Å². The van der Waals surface area contributed by atoms with Crippen molar-refractivity contribution in [3.8, 4) is 11.4 Å². The lowest BCUT2D eigenvalue weighted by Crippen LogP contribution is -2.05. The zero-order chi connectivity index (χ0) is 22.2. The first-order valence-corrected chi connectivity index (χ1v) is 10.9. The van der Waals surface area contributed by atoms with Gasteiger partial charge in [0.15, 0.2) is 0 Å². The lowest BCUT2D eigenvalue weighted by atomic mass is 10.2. The van der Waals surface area contributed by atoms with Crippen LogP contribution >= 0.6 is 11.6 Å². The Balaban J connectivity index is 1.66. The van der Waals surface area contributed by atoms with Gasteiger partial charge in [-0.3, -0.25) is 0 Å². The van der Waals surface area contributed by atoms with Crippen LogP contribution in [0.15, 0.2) is 72.9 Å². The van der Waals surface area contributed by atoms with Crippen molar-refractivity contribution >= 4 is 34.1 Å². The summed E-state index contributed by atoms with van der Waals surface area (Å²) in [5.41, 5.74) is 6.43. The van der Waals surface area contributed by atoms with Gasteiger partial charge in [-0.1, -0.05) is 41.9 Å². The molecule has 0 aliphatic heterocycles. The van der Waals surface area contributed by atoms with E-state index in [0.717, 1.165) is 38.6 Å². The highest BCUT2D eigenvalue weighted by Gasteiger charge is 2.18. The van der Waals surface area contributed by atoms with E-state index in [1.807, 2.05) is 53.9 Å². The summed E-state index contributed by atoms with van der Waals surface area (Å²) in [6, 6.07) is 22.0. The van der Waals surface area contributed by atoms with Gasteiger partial charge in [0.25, 0.3) is 0 Å². The quantitative estimate of drug-likeness (QED) is 0.306. The summed E-state index contributed by atoms with van der Waals surface area (Å²) in [7, 11) is 0. The van der Waals surface area contributed by atoms with Gasteiger partial charge in [-0.15, -0.1) is 0 Å². The van der Waals surface area contributed by atoms with Gasteiger partial charge in [0, 0.05) is 34.4 Å². The molecule has 0 radical (unpaired) electrons. The Morgan fingerprint density at radius 1 is 1.06 bits per heavy atom. The number of carbonyl (C=O) groups excluding carboxylic acids is 1. The average Bonchev–Trinajstić information content (AvgIpc) is 3.32. The molecular weight excluding hydrogens is 422 g/mol. The van der Waals surface area contributed by atoms with E-state index in [0.29, 0.717) is 24.4 Å². The summed E-state index contributed by atoms with van der Waals surface area (Å²) in [6.45, 7) is 4.88. The number of esters is 1. The molecule has 3 aromatic heterocycles. The summed E-state index contributed by atoms with van der Waals surface area (Å²) in [5.74, 6) is -0.339. The molecule has 5 aromatic rings. The van der Waals surface area contributed by atoms with Crippen molar-refractivity contribution in [2.24, 2.45) is 0 Å². The number of carbonyl (C=O) groups is 1. The summed E-state index contributed by atoms with van der Waals surface area (Å²) in [4.78, 5) is 17.1. The van der Waals surface area contributed by atoms with Crippen LogP contribution in [0, 0.1) is 6.92 Å². The standard InChI is InChI=1S/C26H22ClN3O2/c1-3-32-26(31)20-12-13-29-17(2)25(28-24(29)15-20)23-14-19-6-4-5-7-22(19)30(23)16-18-8-10-21(27)11-9-18/h4-15H,3,16H2,1-2H3. The van der Waals surface area contributed by atoms with Crippen molar-refractivity contribution in [2.75, 3.05) is 6.61 Å². The van der Waals surface area contributed by atoms with Crippen LogP contribution in [0.25, 0.3) is 27.9 Å². The first kappa shape index (κ1) is 20.3. The number of imidazole rings is 1. The predicted octanol–water partition coefficient (Wildman–Crippen LogP) is 6.14. The van der Waals surface area contributed by atoms with E-state index in [1.54, 1.807) is 19.1 Å². The third-order valence-corrected chi connectivity index (χ3v) is 5.94. The largest absolute Gasteiger partial charge is 0.462 e. The number of hydrogen-bond acceptors (Lipinski definition) is 3. The van der Waals surface area contributed by atoms with E-state index >= 15 is 0 Å². The van der Waals surface area contributed by atoms with Crippen LogP contribution in [-0.4, -0.2) is 26.5 Å². The second-order valence-corrected chi connectivity index (χ2v) is 8.15. The maximum absolute atomic E-state index is 12.2. The fraction of sp³-hybridized carbons (Fsp3) is 0.154. The molecule has 5 rings (SSSR count). The van der Waals surface area contributed by atoms with Crippen molar-refractivity contribution < 1.29 is 9.53 Å². The number of aromatic nitrogens is 3. The van der Waals surface area contributed by atoms with Gasteiger partial charge >= 0.3 is 5.97 Å². The molecule has 5 nitrogen and oxygen atoms in total. The molecule has 160 valence electrons. The van der Waals surface area contributed by atoms with Gasteiger partial charge in [0.1, 0.15) is 11.3 Å². The van der Waals surface area contributed by atoms with Crippen molar-refractivity contribution in [3.63, 3.8) is 0 Å². The zero-order valence-electron chi connectivity index (χ0n) is 17.9. The molecule has 0 atom stereocenters. The second kappa shape index (κ2) is 8.17. The molecule has 0 N–H and O–H groups in total. The Labute approximate surface area is 190 Å². The molecule has 0 bridgehead atoms. The molecule has 6 heteroatoms. The van der Waals surface area contributed by atoms with Crippen LogP contribution in [0.1, 0.15) is 28.5 Å². The molecule has 0 saturated heterocycles. The summed E-state index contributed by atoms with van der Waals surface area (Å²) >= 11 is 6.08. The molecule has 0 saturated carbocycles. The van der Waals surface area contributed by atoms with E-state index in [1.165, 1.54) is 0 Å². The molecule has 3 heterocycles. The summed E-state index contributed by atoms with van der Waals surface area (Å²) in [6.07, 6.45) is 1.87. The first-order chi connectivity index (χ1) is 15.5. The molecule has 0 unspecified atom stereocenters. The predicted molar refractivity (Wildman–Crippen MR) is 127 cm³/mol. The van der Waals surface area contributed by atoms with Crippen LogP contribution in [0.2, 0.25) is 5.02 Å². The molecule has 32 heavy (non-hydrogen) atoms. The number of halogens is 1. The Kier molecular flexibility index (Phi) is 5.19. The van der Waals surface area contributed by atoms with E-state index < -0.39 is 0 Å². The maximum Gasteiger partial charge on any atom is 0.338 e. The molecule has 0 fully saturated rings. The topological polar surface area (TPSA) is 48.5 Å². The minimum absolute atomic E-state index is 0.339. The number of aryl methyl sites for hydroxylation is 1. The van der Waals surface area contributed by atoms with Gasteiger partial charge in [-0.2, -0.15) is 0 Å². The molecule has 0 aliphatic rings. The van der Waals surface area contributed by atoms with E-state index in [9.17, 15) is 4.79 Å². The van der Waals surface area contributed by atoms with E-state index in [2.05, 4.69) is 22.8 Å².